The van der Waals surface area contributed by atoms with Crippen LogP contribution in [0.3, 0.4) is 0 Å². The molecule has 20 aromatic rings. The number of para-hydroxylation sites is 2. The summed E-state index contributed by atoms with van der Waals surface area (Å²) in [4.78, 5) is 25.5. The monoisotopic (exact) mass is 1280 g/mol. The van der Waals surface area contributed by atoms with E-state index in [-0.39, 0.29) is 5.41 Å². The second-order valence-corrected chi connectivity index (χ2v) is 27.5. The lowest BCUT2D eigenvalue weighted by atomic mass is 9.82. The maximum atomic E-state index is 6.42. The fourth-order valence-electron chi connectivity index (χ4n) is 15.8. The molecule has 0 bridgehead atoms. The average Bonchev–Trinajstić information content (AvgIpc) is 1.61. The van der Waals surface area contributed by atoms with Gasteiger partial charge in [0.05, 0.1) is 11.2 Å². The third kappa shape index (κ3) is 9.05. The van der Waals surface area contributed by atoms with Gasteiger partial charge in [0.2, 0.25) is 0 Å². The SMILES string of the molecule is CC1(C)c2ccccc2-c2c1ccc1c2ccc2ccc3cc(-c4nc(-c5cccc6c5sc5ccccc56)c5ccccc5n4)ccc3c21.c1ccc(-c2nc(-c3ccccc3)nc(-c3ccccc3-c3ccc4c(ccc5ccc6c(ccc7c8ccccc8oc76)c54)c3)n2)cc1. The summed E-state index contributed by atoms with van der Waals surface area (Å²) in [6.45, 7) is 4.70. The Morgan fingerprint density at radius 2 is 0.798 bits per heavy atom. The van der Waals surface area contributed by atoms with Crippen LogP contribution in [-0.2, 0) is 5.41 Å². The van der Waals surface area contributed by atoms with Crippen molar-refractivity contribution in [1.29, 1.82) is 0 Å². The molecule has 0 saturated carbocycles. The Hall–Kier alpha value is -12.6. The molecule has 0 spiro atoms. The highest BCUT2D eigenvalue weighted by atomic mass is 32.1. The highest BCUT2D eigenvalue weighted by Gasteiger charge is 2.36. The lowest BCUT2D eigenvalue weighted by Crippen LogP contribution is -2.14. The summed E-state index contributed by atoms with van der Waals surface area (Å²) >= 11 is 1.84. The number of hydrogen-bond acceptors (Lipinski definition) is 7. The molecule has 0 aliphatic heterocycles. The van der Waals surface area contributed by atoms with E-state index in [0.29, 0.717) is 17.5 Å². The van der Waals surface area contributed by atoms with Crippen molar-refractivity contribution in [2.24, 2.45) is 0 Å². The van der Waals surface area contributed by atoms with Gasteiger partial charge in [-0.15, -0.1) is 11.3 Å². The minimum atomic E-state index is -0.0239. The van der Waals surface area contributed by atoms with E-state index >= 15 is 0 Å². The van der Waals surface area contributed by atoms with Crippen LogP contribution in [0.2, 0.25) is 0 Å². The second kappa shape index (κ2) is 22.3. The lowest BCUT2D eigenvalue weighted by Gasteiger charge is -2.21. The maximum Gasteiger partial charge on any atom is 0.164 e. The van der Waals surface area contributed by atoms with E-state index in [0.717, 1.165) is 88.7 Å². The van der Waals surface area contributed by atoms with Crippen LogP contribution in [0.4, 0.5) is 0 Å². The molecule has 0 saturated heterocycles. The number of furan rings is 1. The molecule has 4 aromatic heterocycles. The molecule has 1 aliphatic rings. The molecule has 6 nitrogen and oxygen atoms in total. The summed E-state index contributed by atoms with van der Waals surface area (Å²) in [5.41, 5.74) is 16.5. The van der Waals surface area contributed by atoms with Crippen LogP contribution in [0, 0.1) is 0 Å². The number of fused-ring (bicyclic) bond motifs is 22. The van der Waals surface area contributed by atoms with Crippen molar-refractivity contribution < 1.29 is 4.42 Å². The van der Waals surface area contributed by atoms with Crippen LogP contribution in [0.15, 0.2) is 314 Å². The summed E-state index contributed by atoms with van der Waals surface area (Å²) in [5.74, 6) is 2.68. The molecule has 99 heavy (non-hydrogen) atoms. The molecule has 1 aliphatic carbocycles. The topological polar surface area (TPSA) is 77.6 Å². The molecule has 0 amide bonds. The number of nitrogens with zero attached hydrogens (tertiary/aromatic N) is 5. The first-order valence-electron chi connectivity index (χ1n) is 33.7. The standard InChI is InChI=1S/C47H30N2S.C45H27N3O/c1-47(2)38-15-6-3-11-35(38)43-33-23-20-27-18-19-28-26-29(21-22-30(28)42(27)32(33)24-25-39(43)47)46-48-40-16-7-4-12-36(40)44(49-46)37-14-9-13-34-31-10-5-8-17-41(31)50-45(34)37;1-3-11-29(12-4-1)43-46-44(30-13-5-2-6-14-30)48-45(47-43)39-17-8-7-15-33(39)31-22-23-34-32(27-31)20-19-28-21-24-38-36(41(28)34)25-26-37-35-16-9-10-18-40(35)49-42(37)38/h3-26H,1-2H3;1-27H. The van der Waals surface area contributed by atoms with E-state index < -0.39 is 0 Å². The number of thiophene rings is 1. The molecular formula is C92H57N5OS. The molecular weight excluding hydrogens is 1220 g/mol. The predicted molar refractivity (Wildman–Crippen MR) is 415 cm³/mol. The van der Waals surface area contributed by atoms with Gasteiger partial charge in [-0.25, -0.2) is 24.9 Å². The summed E-state index contributed by atoms with van der Waals surface area (Å²) in [7, 11) is 0. The second-order valence-electron chi connectivity index (χ2n) is 26.5. The molecule has 0 atom stereocenters. The van der Waals surface area contributed by atoms with E-state index in [1.807, 2.05) is 90.2 Å². The van der Waals surface area contributed by atoms with Gasteiger partial charge in [-0.2, -0.15) is 0 Å². The van der Waals surface area contributed by atoms with Gasteiger partial charge in [-0.3, -0.25) is 0 Å². The van der Waals surface area contributed by atoms with Crippen molar-refractivity contribution in [3.63, 3.8) is 0 Å². The summed E-state index contributed by atoms with van der Waals surface area (Å²) < 4.78 is 8.97. The first-order chi connectivity index (χ1) is 48.8. The molecule has 462 valence electrons. The summed E-state index contributed by atoms with van der Waals surface area (Å²) in [6, 6.07) is 110. The Balaban J connectivity index is 0.000000134. The normalized spacial score (nSPS) is 12.6. The molecule has 4 heterocycles. The minimum absolute atomic E-state index is 0.0239. The Morgan fingerprint density at radius 3 is 1.56 bits per heavy atom. The minimum Gasteiger partial charge on any atom is -0.455 e. The van der Waals surface area contributed by atoms with Crippen LogP contribution < -0.4 is 0 Å². The van der Waals surface area contributed by atoms with E-state index in [4.69, 9.17) is 29.3 Å². The van der Waals surface area contributed by atoms with Crippen molar-refractivity contribution in [2.45, 2.75) is 19.3 Å². The number of aromatic nitrogens is 5. The van der Waals surface area contributed by atoms with Crippen molar-refractivity contribution >= 4 is 129 Å². The number of benzene rings is 16. The smallest absolute Gasteiger partial charge is 0.164 e. The van der Waals surface area contributed by atoms with Crippen LogP contribution in [0.1, 0.15) is 25.0 Å². The molecule has 7 heteroatoms. The third-order valence-electron chi connectivity index (χ3n) is 20.6. The Labute approximate surface area is 573 Å². The predicted octanol–water partition coefficient (Wildman–Crippen LogP) is 25.0. The van der Waals surface area contributed by atoms with Gasteiger partial charge >= 0.3 is 0 Å². The fraction of sp³-hybridized carbons (Fsp3) is 0.0326. The quantitative estimate of drug-likeness (QED) is 0.154. The molecule has 16 aromatic carbocycles. The van der Waals surface area contributed by atoms with Crippen molar-refractivity contribution in [1.82, 2.24) is 24.9 Å². The average molecular weight is 1280 g/mol. The van der Waals surface area contributed by atoms with Crippen LogP contribution in [-0.4, -0.2) is 24.9 Å². The molecule has 0 radical (unpaired) electrons. The maximum absolute atomic E-state index is 6.42. The molecule has 0 fully saturated rings. The highest BCUT2D eigenvalue weighted by Crippen LogP contribution is 2.53. The molecule has 0 unspecified atom stereocenters. The van der Waals surface area contributed by atoms with Crippen LogP contribution >= 0.6 is 11.3 Å². The van der Waals surface area contributed by atoms with Gasteiger partial charge in [0.1, 0.15) is 11.2 Å². The first-order valence-corrected chi connectivity index (χ1v) is 34.5. The van der Waals surface area contributed by atoms with Gasteiger partial charge in [0.25, 0.3) is 0 Å². The largest absolute Gasteiger partial charge is 0.455 e. The fourth-order valence-corrected chi connectivity index (χ4v) is 17.1. The summed E-state index contributed by atoms with van der Waals surface area (Å²) in [5, 5.41) is 20.7. The first kappa shape index (κ1) is 56.8. The van der Waals surface area contributed by atoms with Gasteiger partial charge in [-0.05, 0) is 135 Å². The van der Waals surface area contributed by atoms with Gasteiger partial charge < -0.3 is 4.42 Å². The van der Waals surface area contributed by atoms with Gasteiger partial charge in [0.15, 0.2) is 23.3 Å². The number of hydrogen-bond donors (Lipinski definition) is 0. The van der Waals surface area contributed by atoms with Crippen molar-refractivity contribution in [3.05, 3.63) is 321 Å². The van der Waals surface area contributed by atoms with Gasteiger partial charge in [-0.1, -0.05) is 281 Å². The Morgan fingerprint density at radius 1 is 0.293 bits per heavy atom. The lowest BCUT2D eigenvalue weighted by molar-refractivity contribution is 0.661. The van der Waals surface area contributed by atoms with E-state index in [2.05, 4.69) is 244 Å². The molecule has 0 N–H and O–H groups in total. The van der Waals surface area contributed by atoms with E-state index in [9.17, 15) is 0 Å². The zero-order chi connectivity index (χ0) is 65.5. The third-order valence-corrected chi connectivity index (χ3v) is 21.8. The van der Waals surface area contributed by atoms with Crippen molar-refractivity contribution in [2.75, 3.05) is 0 Å². The highest BCUT2D eigenvalue weighted by molar-refractivity contribution is 7.26. The Kier molecular flexibility index (Phi) is 12.8. The molecule has 21 rings (SSSR count). The van der Waals surface area contributed by atoms with Gasteiger partial charge in [0, 0.05) is 74.9 Å². The van der Waals surface area contributed by atoms with E-state index in [1.54, 1.807) is 0 Å². The van der Waals surface area contributed by atoms with Crippen LogP contribution in [0.25, 0.3) is 197 Å². The Bertz CT molecular complexity index is 6710. The number of rotatable bonds is 6. The summed E-state index contributed by atoms with van der Waals surface area (Å²) in [6.07, 6.45) is 0. The zero-order valence-corrected chi connectivity index (χ0v) is 54.8. The van der Waals surface area contributed by atoms with Crippen LogP contribution in [0.5, 0.6) is 0 Å². The van der Waals surface area contributed by atoms with E-state index in [1.165, 1.54) is 102 Å². The zero-order valence-electron chi connectivity index (χ0n) is 54.0. The van der Waals surface area contributed by atoms with Crippen molar-refractivity contribution in [3.8, 4) is 79.1 Å².